The highest BCUT2D eigenvalue weighted by atomic mass is 16.5. The maximum Gasteiger partial charge on any atom is 0.328 e. The van der Waals surface area contributed by atoms with Crippen LogP contribution in [-0.2, 0) is 4.79 Å². The Morgan fingerprint density at radius 1 is 0.867 bits per heavy atom. The van der Waals surface area contributed by atoms with Gasteiger partial charge in [-0.05, 0) is 113 Å². The molecule has 0 spiro atoms. The van der Waals surface area contributed by atoms with Gasteiger partial charge in [-0.15, -0.1) is 0 Å². The second kappa shape index (κ2) is 16.3. The van der Waals surface area contributed by atoms with E-state index in [1.54, 1.807) is 28.9 Å². The molecular formula is C45H53N11O4. The third-order valence-corrected chi connectivity index (χ3v) is 13.6. The molecule has 0 unspecified atom stereocenters. The maximum absolute atomic E-state index is 13.4. The average molecular weight is 812 g/mol. The van der Waals surface area contributed by atoms with Crippen LogP contribution in [0.1, 0.15) is 80.2 Å². The van der Waals surface area contributed by atoms with Crippen molar-refractivity contribution in [1.29, 1.82) is 0 Å². The first-order valence-corrected chi connectivity index (χ1v) is 21.7. The summed E-state index contributed by atoms with van der Waals surface area (Å²) < 4.78 is 11.8. The molecule has 7 heterocycles. The molecule has 60 heavy (non-hydrogen) atoms. The highest BCUT2D eigenvalue weighted by Crippen LogP contribution is 2.37. The molecular weight excluding hydrogens is 759 g/mol. The number of carbonyl (C=O) groups excluding carboxylic acids is 3. The zero-order valence-corrected chi connectivity index (χ0v) is 34.2. The molecule has 0 bridgehead atoms. The number of methoxy groups -OCH3 is 1. The van der Waals surface area contributed by atoms with Gasteiger partial charge in [0.1, 0.15) is 5.75 Å². The molecule has 4 aliphatic rings. The van der Waals surface area contributed by atoms with Gasteiger partial charge in [0, 0.05) is 80.6 Å². The molecule has 3 aliphatic heterocycles. The lowest BCUT2D eigenvalue weighted by atomic mass is 9.85. The molecule has 2 aromatic carbocycles. The molecule has 312 valence electrons. The Morgan fingerprint density at radius 3 is 2.40 bits per heavy atom. The molecule has 3 saturated heterocycles. The standard InChI is InChI=1S/C45H53N11O4/c1-60-40-25-37-32(24-36(40)44(58)48-42-26-46-41-6-3-17-47-56(41)42)29-55(50-37)34-9-7-30(8-10-34)27-51-18-11-31(12-19-51)28-52-20-13-33(14-21-52)53-22-15-35-38(53)4-2-5-39(35)54-23-16-43(57)49-45(54)59/h2-6,15,17,22,24-26,29-31,33-34H,7-14,16,18-21,23,27-28H2,1H3,(H,48,58)(H,49,57,59). The van der Waals surface area contributed by atoms with Crippen LogP contribution >= 0.6 is 0 Å². The van der Waals surface area contributed by atoms with Crippen LogP contribution in [0.5, 0.6) is 5.75 Å². The van der Waals surface area contributed by atoms with Crippen molar-refractivity contribution in [3.8, 4) is 5.75 Å². The summed E-state index contributed by atoms with van der Waals surface area (Å²) >= 11 is 0. The molecule has 0 radical (unpaired) electrons. The zero-order chi connectivity index (χ0) is 40.7. The summed E-state index contributed by atoms with van der Waals surface area (Å²) in [5.41, 5.74) is 3.95. The number of urea groups is 1. The number of nitrogens with zero attached hydrogens (tertiary/aromatic N) is 9. The number of amides is 4. The van der Waals surface area contributed by atoms with Gasteiger partial charge in [0.15, 0.2) is 11.5 Å². The van der Waals surface area contributed by atoms with Gasteiger partial charge in [-0.2, -0.15) is 14.7 Å². The third-order valence-electron chi connectivity index (χ3n) is 13.6. The Hall–Kier alpha value is -5.80. The van der Waals surface area contributed by atoms with Crippen molar-refractivity contribution in [2.75, 3.05) is 63.1 Å². The van der Waals surface area contributed by atoms with E-state index in [4.69, 9.17) is 9.84 Å². The van der Waals surface area contributed by atoms with Crippen molar-refractivity contribution in [2.24, 2.45) is 11.8 Å². The summed E-state index contributed by atoms with van der Waals surface area (Å²) in [6.45, 7) is 7.41. The molecule has 4 aromatic heterocycles. The topological polar surface area (TPSA) is 147 Å². The number of nitrogens with one attached hydrogen (secondary N) is 2. The number of rotatable bonds is 10. The zero-order valence-electron chi connectivity index (χ0n) is 34.2. The molecule has 1 aliphatic carbocycles. The summed E-state index contributed by atoms with van der Waals surface area (Å²) in [6, 6.07) is 16.1. The van der Waals surface area contributed by atoms with Crippen LogP contribution in [0, 0.1) is 11.8 Å². The van der Waals surface area contributed by atoms with Gasteiger partial charge in [0.05, 0.1) is 41.6 Å². The minimum absolute atomic E-state index is 0.210. The summed E-state index contributed by atoms with van der Waals surface area (Å²) in [7, 11) is 1.58. The number of ether oxygens (including phenoxy) is 1. The fourth-order valence-electron chi connectivity index (χ4n) is 10.3. The van der Waals surface area contributed by atoms with Gasteiger partial charge in [-0.1, -0.05) is 6.07 Å². The van der Waals surface area contributed by atoms with Crippen molar-refractivity contribution >= 4 is 56.8 Å². The van der Waals surface area contributed by atoms with Gasteiger partial charge >= 0.3 is 6.03 Å². The number of imide groups is 1. The smallest absolute Gasteiger partial charge is 0.328 e. The van der Waals surface area contributed by atoms with Crippen molar-refractivity contribution in [2.45, 2.75) is 69.9 Å². The SMILES string of the molecule is COc1cc2nn(C3CCC(CN4CCC(CN5CCC(n6ccc7c(N8CCC(=O)NC8=O)cccc76)CC5)CC4)CC3)cc2cc1C(=O)Nc1cnc2cccnn12. The van der Waals surface area contributed by atoms with Gasteiger partial charge in [0.2, 0.25) is 5.91 Å². The Kier molecular flexibility index (Phi) is 10.5. The van der Waals surface area contributed by atoms with Crippen molar-refractivity contribution in [3.05, 3.63) is 78.9 Å². The van der Waals surface area contributed by atoms with Crippen molar-refractivity contribution in [3.63, 3.8) is 0 Å². The number of imidazole rings is 1. The summed E-state index contributed by atoms with van der Waals surface area (Å²) in [4.78, 5) is 49.2. The van der Waals surface area contributed by atoms with Crippen LogP contribution in [0.15, 0.2) is 73.3 Å². The molecule has 0 atom stereocenters. The molecule has 15 nitrogen and oxygen atoms in total. The number of likely N-dealkylation sites (tertiary alicyclic amines) is 2. The summed E-state index contributed by atoms with van der Waals surface area (Å²) in [6.07, 6.45) is 17.3. The lowest BCUT2D eigenvalue weighted by molar-refractivity contribution is -0.120. The second-order valence-corrected chi connectivity index (χ2v) is 17.2. The van der Waals surface area contributed by atoms with Gasteiger partial charge < -0.3 is 24.4 Å². The van der Waals surface area contributed by atoms with E-state index in [0.29, 0.717) is 53.7 Å². The first-order valence-electron chi connectivity index (χ1n) is 21.7. The minimum atomic E-state index is -0.337. The number of benzene rings is 2. The maximum atomic E-state index is 13.4. The number of anilines is 2. The Labute approximate surface area is 348 Å². The van der Waals surface area contributed by atoms with E-state index in [1.165, 1.54) is 51.9 Å². The first-order chi connectivity index (χ1) is 29.4. The monoisotopic (exact) mass is 811 g/mol. The highest BCUT2D eigenvalue weighted by molar-refractivity contribution is 6.10. The third kappa shape index (κ3) is 7.60. The fraction of sp³-hybridized carbons (Fsp3) is 0.467. The number of carbonyl (C=O) groups is 3. The Bertz CT molecular complexity index is 2540. The lowest BCUT2D eigenvalue weighted by Gasteiger charge is -2.39. The van der Waals surface area contributed by atoms with E-state index in [2.05, 4.69) is 64.3 Å². The van der Waals surface area contributed by atoms with Crippen LogP contribution in [0.2, 0.25) is 0 Å². The number of fused-ring (bicyclic) bond motifs is 3. The van der Waals surface area contributed by atoms with E-state index in [0.717, 1.165) is 72.2 Å². The average Bonchev–Trinajstić information content (AvgIpc) is 4.02. The van der Waals surface area contributed by atoms with Gasteiger partial charge in [-0.25, -0.2) is 9.78 Å². The van der Waals surface area contributed by atoms with Crippen molar-refractivity contribution < 1.29 is 19.1 Å². The van der Waals surface area contributed by atoms with E-state index < -0.39 is 0 Å². The summed E-state index contributed by atoms with van der Waals surface area (Å²) in [5.74, 6) is 1.95. The number of piperidine rings is 2. The quantitative estimate of drug-likeness (QED) is 0.158. The second-order valence-electron chi connectivity index (χ2n) is 17.2. The molecule has 6 aromatic rings. The summed E-state index contributed by atoms with van der Waals surface area (Å²) in [5, 5.41) is 16.6. The van der Waals surface area contributed by atoms with Gasteiger partial charge in [0.25, 0.3) is 5.91 Å². The van der Waals surface area contributed by atoms with Crippen LogP contribution < -0.4 is 20.3 Å². The molecule has 15 heteroatoms. The van der Waals surface area contributed by atoms with E-state index >= 15 is 0 Å². The van der Waals surface area contributed by atoms with E-state index in [9.17, 15) is 14.4 Å². The minimum Gasteiger partial charge on any atom is -0.496 e. The fourth-order valence-corrected chi connectivity index (χ4v) is 10.3. The predicted molar refractivity (Wildman–Crippen MR) is 230 cm³/mol. The number of aromatic nitrogens is 6. The highest BCUT2D eigenvalue weighted by Gasteiger charge is 2.31. The number of hydrogen-bond acceptors (Lipinski definition) is 9. The van der Waals surface area contributed by atoms with Crippen LogP contribution in [0.25, 0.3) is 27.5 Å². The molecule has 4 amide bonds. The largest absolute Gasteiger partial charge is 0.496 e. The molecule has 1 saturated carbocycles. The van der Waals surface area contributed by atoms with Crippen LogP contribution in [-0.4, -0.2) is 110 Å². The Balaban J connectivity index is 0.678. The van der Waals surface area contributed by atoms with Crippen molar-refractivity contribution in [1.82, 2.24) is 44.1 Å². The first kappa shape index (κ1) is 38.4. The van der Waals surface area contributed by atoms with E-state index in [-0.39, 0.29) is 17.8 Å². The van der Waals surface area contributed by atoms with E-state index in [1.807, 2.05) is 36.4 Å². The molecule has 4 fully saturated rings. The Morgan fingerprint density at radius 2 is 1.63 bits per heavy atom. The molecule has 2 N–H and O–H groups in total. The lowest BCUT2D eigenvalue weighted by Crippen LogP contribution is -2.49. The van der Waals surface area contributed by atoms with Gasteiger partial charge in [-0.3, -0.25) is 24.5 Å². The normalized spacial score (nSPS) is 21.6. The van der Waals surface area contributed by atoms with Crippen LogP contribution in [0.3, 0.4) is 0 Å². The predicted octanol–water partition coefficient (Wildman–Crippen LogP) is 6.52. The molecule has 10 rings (SSSR count). The number of hydrogen-bond donors (Lipinski definition) is 2. The van der Waals surface area contributed by atoms with Crippen LogP contribution in [0.4, 0.5) is 16.3 Å².